The molecule has 1 rings (SSSR count). The predicted molar refractivity (Wildman–Crippen MR) is 114 cm³/mol. The molecule has 0 aromatic rings. The number of hydrogen-bond donors (Lipinski definition) is 0. The minimum Gasteiger partial charge on any atom is -0.463 e. The molecule has 1 saturated carbocycles. The maximum absolute atomic E-state index is 12.1. The van der Waals surface area contributed by atoms with E-state index in [1.807, 2.05) is 0 Å². The second-order valence-corrected chi connectivity index (χ2v) is 9.26. The number of hydrogen-bond acceptors (Lipinski definition) is 8. The Hall–Kier alpha value is -1.93. The molecular formula is C23H38O8. The minimum atomic E-state index is -0.632. The van der Waals surface area contributed by atoms with E-state index >= 15 is 0 Å². The monoisotopic (exact) mass is 442 g/mol. The Morgan fingerprint density at radius 3 is 2.35 bits per heavy atom. The Bertz CT molecular complexity index is 600. The third-order valence-electron chi connectivity index (χ3n) is 5.43. The molecule has 0 aromatic heterocycles. The SMILES string of the molecule is C=CC(=O)OCOC(=O)CC1CC(C)(C)CC(C)(CCC(=O)OCCOCCOC)C1. The molecule has 0 N–H and O–H groups in total. The highest BCUT2D eigenvalue weighted by molar-refractivity contribution is 5.81. The fraction of sp³-hybridized carbons (Fsp3) is 0.783. The van der Waals surface area contributed by atoms with E-state index in [0.717, 1.165) is 25.3 Å². The van der Waals surface area contributed by atoms with Gasteiger partial charge in [0.1, 0.15) is 6.61 Å². The lowest BCUT2D eigenvalue weighted by atomic mass is 9.59. The van der Waals surface area contributed by atoms with E-state index in [0.29, 0.717) is 32.7 Å². The van der Waals surface area contributed by atoms with Crippen molar-refractivity contribution in [3.63, 3.8) is 0 Å². The minimum absolute atomic E-state index is 0.0480. The molecule has 0 heterocycles. The summed E-state index contributed by atoms with van der Waals surface area (Å²) in [6.07, 6.45) is 4.99. The van der Waals surface area contributed by atoms with Crippen LogP contribution < -0.4 is 0 Å². The van der Waals surface area contributed by atoms with Gasteiger partial charge in [-0.05, 0) is 42.4 Å². The molecule has 0 aromatic carbocycles. The molecule has 178 valence electrons. The van der Waals surface area contributed by atoms with Crippen LogP contribution in [0.2, 0.25) is 0 Å². The standard InChI is InChI=1S/C23H38O8/c1-6-19(24)30-17-31-21(26)13-18-14-22(2,3)16-23(4,15-18)8-7-20(25)29-12-11-28-10-9-27-5/h6,18H,1,7-17H2,2-5H3. The molecule has 2 atom stereocenters. The van der Waals surface area contributed by atoms with E-state index in [1.54, 1.807) is 7.11 Å². The van der Waals surface area contributed by atoms with Crippen molar-refractivity contribution >= 4 is 17.9 Å². The average molecular weight is 443 g/mol. The fourth-order valence-corrected chi connectivity index (χ4v) is 4.63. The number of esters is 3. The van der Waals surface area contributed by atoms with Crippen LogP contribution in [0.3, 0.4) is 0 Å². The highest BCUT2D eigenvalue weighted by atomic mass is 16.7. The number of carbonyl (C=O) groups is 3. The second-order valence-electron chi connectivity index (χ2n) is 9.26. The lowest BCUT2D eigenvalue weighted by Gasteiger charge is -2.46. The van der Waals surface area contributed by atoms with Crippen LogP contribution in [-0.2, 0) is 38.1 Å². The van der Waals surface area contributed by atoms with E-state index in [2.05, 4.69) is 27.4 Å². The molecule has 0 saturated heterocycles. The van der Waals surface area contributed by atoms with E-state index < -0.39 is 18.7 Å². The Balaban J connectivity index is 2.44. The first-order valence-electron chi connectivity index (χ1n) is 10.8. The molecule has 8 heteroatoms. The summed E-state index contributed by atoms with van der Waals surface area (Å²) in [4.78, 5) is 35.3. The van der Waals surface area contributed by atoms with Crippen LogP contribution in [0.25, 0.3) is 0 Å². The van der Waals surface area contributed by atoms with Crippen molar-refractivity contribution in [2.24, 2.45) is 16.7 Å². The second kappa shape index (κ2) is 13.5. The van der Waals surface area contributed by atoms with Crippen molar-refractivity contribution in [3.8, 4) is 0 Å². The largest absolute Gasteiger partial charge is 0.463 e. The van der Waals surface area contributed by atoms with E-state index in [-0.39, 0.29) is 35.7 Å². The van der Waals surface area contributed by atoms with E-state index in [4.69, 9.17) is 23.7 Å². The summed E-state index contributed by atoms with van der Waals surface area (Å²) in [7, 11) is 1.60. The van der Waals surface area contributed by atoms with Crippen LogP contribution in [0, 0.1) is 16.7 Å². The molecule has 31 heavy (non-hydrogen) atoms. The Labute approximate surface area is 185 Å². The molecule has 1 fully saturated rings. The van der Waals surface area contributed by atoms with Crippen molar-refractivity contribution in [3.05, 3.63) is 12.7 Å². The third-order valence-corrected chi connectivity index (χ3v) is 5.43. The Morgan fingerprint density at radius 2 is 1.68 bits per heavy atom. The van der Waals surface area contributed by atoms with Gasteiger partial charge >= 0.3 is 17.9 Å². The van der Waals surface area contributed by atoms with Gasteiger partial charge in [0.2, 0.25) is 6.79 Å². The van der Waals surface area contributed by atoms with Crippen LogP contribution in [0.1, 0.15) is 59.3 Å². The van der Waals surface area contributed by atoms with Gasteiger partial charge in [0, 0.05) is 26.0 Å². The fourth-order valence-electron chi connectivity index (χ4n) is 4.63. The maximum Gasteiger partial charge on any atom is 0.333 e. The van der Waals surface area contributed by atoms with Crippen LogP contribution in [-0.4, -0.2) is 58.2 Å². The van der Waals surface area contributed by atoms with Gasteiger partial charge in [0.25, 0.3) is 0 Å². The summed E-state index contributed by atoms with van der Waals surface area (Å²) in [5.74, 6) is -1.12. The Kier molecular flexibility index (Phi) is 11.8. The van der Waals surface area contributed by atoms with Gasteiger partial charge in [-0.1, -0.05) is 27.4 Å². The topological polar surface area (TPSA) is 97.4 Å². The summed E-state index contributed by atoms with van der Waals surface area (Å²) < 4.78 is 25.1. The number of methoxy groups -OCH3 is 1. The lowest BCUT2D eigenvalue weighted by molar-refractivity contribution is -0.165. The zero-order valence-electron chi connectivity index (χ0n) is 19.4. The van der Waals surface area contributed by atoms with Gasteiger partial charge in [0.05, 0.1) is 19.8 Å². The number of ether oxygens (including phenoxy) is 5. The van der Waals surface area contributed by atoms with Gasteiger partial charge in [-0.2, -0.15) is 0 Å². The third kappa shape index (κ3) is 11.9. The average Bonchev–Trinajstić information content (AvgIpc) is 2.67. The van der Waals surface area contributed by atoms with Gasteiger partial charge < -0.3 is 23.7 Å². The number of carbonyl (C=O) groups excluding carboxylic acids is 3. The van der Waals surface area contributed by atoms with Crippen molar-refractivity contribution < 1.29 is 38.1 Å². The zero-order valence-corrected chi connectivity index (χ0v) is 19.4. The molecule has 0 radical (unpaired) electrons. The predicted octanol–water partition coefficient (Wildman–Crippen LogP) is 3.43. The van der Waals surface area contributed by atoms with Crippen molar-refractivity contribution in [1.29, 1.82) is 0 Å². The maximum atomic E-state index is 12.1. The molecule has 1 aliphatic carbocycles. The number of rotatable bonds is 14. The van der Waals surface area contributed by atoms with Crippen molar-refractivity contribution in [2.75, 3.05) is 40.3 Å². The molecule has 0 amide bonds. The quantitative estimate of drug-likeness (QED) is 0.175. The first-order chi connectivity index (χ1) is 14.6. The summed E-state index contributed by atoms with van der Waals surface area (Å²) in [6.45, 7) is 11.0. The van der Waals surface area contributed by atoms with Crippen LogP contribution in [0.5, 0.6) is 0 Å². The van der Waals surface area contributed by atoms with Crippen molar-refractivity contribution in [1.82, 2.24) is 0 Å². The highest BCUT2D eigenvalue weighted by Gasteiger charge is 2.41. The summed E-state index contributed by atoms with van der Waals surface area (Å²) in [5, 5.41) is 0. The van der Waals surface area contributed by atoms with Crippen LogP contribution in [0.15, 0.2) is 12.7 Å². The molecule has 0 bridgehead atoms. The van der Waals surface area contributed by atoms with Gasteiger partial charge in [0.15, 0.2) is 0 Å². The summed E-state index contributed by atoms with van der Waals surface area (Å²) in [5.41, 5.74) is -0.0255. The first-order valence-corrected chi connectivity index (χ1v) is 10.8. The van der Waals surface area contributed by atoms with Crippen LogP contribution in [0.4, 0.5) is 0 Å². The van der Waals surface area contributed by atoms with Crippen molar-refractivity contribution in [2.45, 2.75) is 59.3 Å². The molecular weight excluding hydrogens is 404 g/mol. The van der Waals surface area contributed by atoms with Crippen LogP contribution >= 0.6 is 0 Å². The summed E-state index contributed by atoms with van der Waals surface area (Å²) in [6, 6.07) is 0. The zero-order chi connectivity index (χ0) is 23.3. The van der Waals surface area contributed by atoms with Gasteiger partial charge in [-0.15, -0.1) is 0 Å². The molecule has 2 unspecified atom stereocenters. The smallest absolute Gasteiger partial charge is 0.333 e. The highest BCUT2D eigenvalue weighted by Crippen LogP contribution is 2.51. The first kappa shape index (κ1) is 27.1. The van der Waals surface area contributed by atoms with E-state index in [9.17, 15) is 14.4 Å². The molecule has 0 spiro atoms. The molecule has 1 aliphatic rings. The normalized spacial score (nSPS) is 22.4. The van der Waals surface area contributed by atoms with Gasteiger partial charge in [-0.3, -0.25) is 9.59 Å². The lowest BCUT2D eigenvalue weighted by Crippen LogP contribution is -2.37. The molecule has 8 nitrogen and oxygen atoms in total. The Morgan fingerprint density at radius 1 is 0.968 bits per heavy atom. The summed E-state index contributed by atoms with van der Waals surface area (Å²) >= 11 is 0. The van der Waals surface area contributed by atoms with E-state index in [1.165, 1.54) is 0 Å². The molecule has 0 aliphatic heterocycles. The van der Waals surface area contributed by atoms with Gasteiger partial charge in [-0.25, -0.2) is 4.79 Å².